The molecule has 0 saturated heterocycles. The molecular weight excluding hydrogens is 192 g/mol. The van der Waals surface area contributed by atoms with Gasteiger partial charge < -0.3 is 15.5 Å². The predicted octanol–water partition coefficient (Wildman–Crippen LogP) is 0.977. The zero-order chi connectivity index (χ0) is 11.0. The van der Waals surface area contributed by atoms with Crippen molar-refractivity contribution in [3.63, 3.8) is 0 Å². The fourth-order valence-electron chi connectivity index (χ4n) is 0.689. The molecule has 0 unspecified atom stereocenters. The summed E-state index contributed by atoms with van der Waals surface area (Å²) in [6, 6.07) is 3.27. The maximum atomic E-state index is 12.5. The van der Waals surface area contributed by atoms with Crippen molar-refractivity contribution < 1.29 is 19.0 Å². The quantitative estimate of drug-likeness (QED) is 0.674. The van der Waals surface area contributed by atoms with Crippen molar-refractivity contribution in [3.8, 4) is 0 Å². The second kappa shape index (κ2) is 7.23. The molecule has 0 aromatic heterocycles. The molecule has 1 aromatic carbocycles. The molecule has 5 heteroatoms. The van der Waals surface area contributed by atoms with Crippen LogP contribution in [0.15, 0.2) is 18.2 Å². The highest BCUT2D eigenvalue weighted by atomic mass is 19.1. The third-order valence-corrected chi connectivity index (χ3v) is 1.30. The lowest BCUT2D eigenvalue weighted by molar-refractivity contribution is 0.186. The minimum Gasteiger partial charge on any atom is -0.394 e. The molecule has 80 valence electrons. The first-order valence-corrected chi connectivity index (χ1v) is 4.00. The van der Waals surface area contributed by atoms with E-state index in [4.69, 9.17) is 10.2 Å². The molecule has 0 fully saturated rings. The fraction of sp³-hybridized carbons (Fsp3) is 0.333. The second-order valence-corrected chi connectivity index (χ2v) is 2.32. The molecule has 14 heavy (non-hydrogen) atoms. The number of hydrogen-bond acceptors (Lipinski definition) is 3. The average Bonchev–Trinajstić information content (AvgIpc) is 2.22. The standard InChI is InChI=1S/C7H7F2N.C2H6O2/c1-10-7-4-5(8)2-3-6(7)9;3-1-2-4/h2-4,10H,1H3;3-4H,1-2H2. The summed E-state index contributed by atoms with van der Waals surface area (Å²) >= 11 is 0. The van der Waals surface area contributed by atoms with Gasteiger partial charge in [-0.1, -0.05) is 0 Å². The number of anilines is 1. The molecule has 1 aromatic rings. The average molecular weight is 205 g/mol. The number of aliphatic hydroxyl groups is 2. The Balaban J connectivity index is 0.000000364. The molecule has 0 bridgehead atoms. The van der Waals surface area contributed by atoms with Crippen molar-refractivity contribution in [1.29, 1.82) is 0 Å². The van der Waals surface area contributed by atoms with Gasteiger partial charge in [-0.3, -0.25) is 0 Å². The number of halogens is 2. The van der Waals surface area contributed by atoms with Crippen LogP contribution in [0.4, 0.5) is 14.5 Å². The number of rotatable bonds is 2. The molecule has 1 rings (SSSR count). The third kappa shape index (κ3) is 4.74. The minimum absolute atomic E-state index is 0.125. The van der Waals surface area contributed by atoms with Crippen LogP contribution in [0.25, 0.3) is 0 Å². The van der Waals surface area contributed by atoms with Crippen molar-refractivity contribution in [3.05, 3.63) is 29.8 Å². The lowest BCUT2D eigenvalue weighted by atomic mass is 10.3. The van der Waals surface area contributed by atoms with E-state index in [1.165, 1.54) is 7.05 Å². The van der Waals surface area contributed by atoms with E-state index in [-0.39, 0.29) is 18.9 Å². The first kappa shape index (κ1) is 12.8. The number of nitrogens with one attached hydrogen (secondary N) is 1. The minimum atomic E-state index is -0.441. The van der Waals surface area contributed by atoms with E-state index in [1.54, 1.807) is 0 Å². The van der Waals surface area contributed by atoms with Gasteiger partial charge in [0, 0.05) is 7.05 Å². The van der Waals surface area contributed by atoms with E-state index in [2.05, 4.69) is 5.32 Å². The van der Waals surface area contributed by atoms with Crippen LogP contribution in [0.3, 0.4) is 0 Å². The molecule has 0 spiro atoms. The van der Waals surface area contributed by atoms with Crippen LogP contribution in [0.1, 0.15) is 0 Å². The molecule has 0 heterocycles. The Hall–Kier alpha value is -1.20. The number of benzene rings is 1. The van der Waals surface area contributed by atoms with Gasteiger partial charge in [-0.15, -0.1) is 0 Å². The molecule has 0 atom stereocenters. The zero-order valence-electron chi connectivity index (χ0n) is 7.80. The van der Waals surface area contributed by atoms with E-state index in [0.29, 0.717) is 0 Å². The summed E-state index contributed by atoms with van der Waals surface area (Å²) in [7, 11) is 1.54. The third-order valence-electron chi connectivity index (χ3n) is 1.30. The summed E-state index contributed by atoms with van der Waals surface area (Å²) in [6.45, 7) is -0.250. The van der Waals surface area contributed by atoms with Gasteiger partial charge in [-0.2, -0.15) is 0 Å². The van der Waals surface area contributed by atoms with Gasteiger partial charge in [0.2, 0.25) is 0 Å². The summed E-state index contributed by atoms with van der Waals surface area (Å²) in [6.07, 6.45) is 0. The van der Waals surface area contributed by atoms with Crippen molar-refractivity contribution in [2.45, 2.75) is 0 Å². The lowest BCUT2D eigenvalue weighted by Gasteiger charge is -1.99. The first-order valence-electron chi connectivity index (χ1n) is 4.00. The number of aliphatic hydroxyl groups excluding tert-OH is 2. The first-order chi connectivity index (χ1) is 6.65. The summed E-state index contributed by atoms with van der Waals surface area (Å²) in [5, 5.41) is 17.8. The van der Waals surface area contributed by atoms with E-state index >= 15 is 0 Å². The van der Waals surface area contributed by atoms with Crippen LogP contribution >= 0.6 is 0 Å². The molecule has 0 radical (unpaired) electrons. The molecule has 0 aliphatic carbocycles. The molecule has 3 nitrogen and oxygen atoms in total. The van der Waals surface area contributed by atoms with Gasteiger partial charge >= 0.3 is 0 Å². The number of hydrogen-bond donors (Lipinski definition) is 3. The highest BCUT2D eigenvalue weighted by Crippen LogP contribution is 2.13. The van der Waals surface area contributed by atoms with Crippen LogP contribution in [0, 0.1) is 11.6 Å². The Morgan fingerprint density at radius 2 is 1.79 bits per heavy atom. The summed E-state index contributed by atoms with van der Waals surface area (Å²) < 4.78 is 24.9. The van der Waals surface area contributed by atoms with Gasteiger partial charge in [0.25, 0.3) is 0 Å². The Bertz CT molecular complexity index is 267. The van der Waals surface area contributed by atoms with E-state index in [9.17, 15) is 8.78 Å². The Morgan fingerprint density at radius 1 is 1.21 bits per heavy atom. The largest absolute Gasteiger partial charge is 0.394 e. The van der Waals surface area contributed by atoms with Crippen LogP contribution in [0.2, 0.25) is 0 Å². The Labute approximate surface area is 81.0 Å². The van der Waals surface area contributed by atoms with Crippen LogP contribution in [-0.4, -0.2) is 30.5 Å². The van der Waals surface area contributed by atoms with Gasteiger partial charge in [0.1, 0.15) is 11.6 Å². The molecule has 0 aliphatic heterocycles. The van der Waals surface area contributed by atoms with E-state index in [0.717, 1.165) is 18.2 Å². The van der Waals surface area contributed by atoms with Crippen molar-refractivity contribution >= 4 is 5.69 Å². The van der Waals surface area contributed by atoms with Gasteiger partial charge in [-0.25, -0.2) is 8.78 Å². The van der Waals surface area contributed by atoms with Gasteiger partial charge in [0.15, 0.2) is 0 Å². The van der Waals surface area contributed by atoms with Gasteiger partial charge in [-0.05, 0) is 18.2 Å². The normalized spacial score (nSPS) is 8.93. The Morgan fingerprint density at radius 3 is 2.14 bits per heavy atom. The van der Waals surface area contributed by atoms with Crippen LogP contribution in [-0.2, 0) is 0 Å². The highest BCUT2D eigenvalue weighted by molar-refractivity contribution is 5.43. The smallest absolute Gasteiger partial charge is 0.146 e. The summed E-state index contributed by atoms with van der Waals surface area (Å²) in [5.74, 6) is -0.880. The molecule has 0 amide bonds. The SMILES string of the molecule is CNc1cc(F)ccc1F.OCCO. The van der Waals surface area contributed by atoms with Crippen molar-refractivity contribution in [1.82, 2.24) is 0 Å². The molecule has 0 aliphatic rings. The lowest BCUT2D eigenvalue weighted by Crippen LogP contribution is -1.92. The maximum absolute atomic E-state index is 12.5. The highest BCUT2D eigenvalue weighted by Gasteiger charge is 1.99. The van der Waals surface area contributed by atoms with Crippen LogP contribution in [0.5, 0.6) is 0 Å². The molecular formula is C9H13F2NO2. The monoisotopic (exact) mass is 205 g/mol. The Kier molecular flexibility index (Phi) is 6.61. The van der Waals surface area contributed by atoms with Crippen molar-refractivity contribution in [2.75, 3.05) is 25.6 Å². The summed E-state index contributed by atoms with van der Waals surface area (Å²) in [4.78, 5) is 0. The topological polar surface area (TPSA) is 52.5 Å². The van der Waals surface area contributed by atoms with Crippen molar-refractivity contribution in [2.24, 2.45) is 0 Å². The maximum Gasteiger partial charge on any atom is 0.146 e. The molecule has 3 N–H and O–H groups in total. The zero-order valence-corrected chi connectivity index (χ0v) is 7.80. The fourth-order valence-corrected chi connectivity index (χ4v) is 0.689. The summed E-state index contributed by atoms with van der Waals surface area (Å²) in [5.41, 5.74) is 0.181. The van der Waals surface area contributed by atoms with E-state index < -0.39 is 11.6 Å². The van der Waals surface area contributed by atoms with Gasteiger partial charge in [0.05, 0.1) is 18.9 Å². The predicted molar refractivity (Wildman–Crippen MR) is 50.1 cm³/mol. The van der Waals surface area contributed by atoms with E-state index in [1.807, 2.05) is 0 Å². The molecule has 0 saturated carbocycles. The van der Waals surface area contributed by atoms with Crippen LogP contribution < -0.4 is 5.32 Å². The second-order valence-electron chi connectivity index (χ2n) is 2.32.